The summed E-state index contributed by atoms with van der Waals surface area (Å²) in [4.78, 5) is 0. The van der Waals surface area contributed by atoms with Crippen LogP contribution in [0.2, 0.25) is 0 Å². The molecule has 0 aliphatic heterocycles. The largest absolute Gasteiger partial charge is 0.494 e. The van der Waals surface area contributed by atoms with Gasteiger partial charge in [0, 0.05) is 6.04 Å². The number of aryl methyl sites for hydroxylation is 1. The first-order valence-corrected chi connectivity index (χ1v) is 7.71. The molecule has 0 aliphatic carbocycles. The summed E-state index contributed by atoms with van der Waals surface area (Å²) in [5, 5.41) is 3.51. The van der Waals surface area contributed by atoms with Gasteiger partial charge in [-0.1, -0.05) is 26.0 Å². The van der Waals surface area contributed by atoms with Crippen LogP contribution in [0.1, 0.15) is 52.0 Å². The first kappa shape index (κ1) is 16.0. The Balaban J connectivity index is 2.06. The Morgan fingerprint density at radius 1 is 1.11 bits per heavy atom. The lowest BCUT2D eigenvalue weighted by Crippen LogP contribution is -2.26. The molecule has 1 aromatic rings. The van der Waals surface area contributed by atoms with Crippen LogP contribution in [0.15, 0.2) is 24.3 Å². The highest BCUT2D eigenvalue weighted by Gasteiger charge is 2.00. The normalized spacial score (nSPS) is 12.4. The van der Waals surface area contributed by atoms with Gasteiger partial charge in [0.2, 0.25) is 0 Å². The summed E-state index contributed by atoms with van der Waals surface area (Å²) >= 11 is 0. The molecule has 1 atom stereocenters. The topological polar surface area (TPSA) is 21.3 Å². The molecule has 1 aromatic carbocycles. The van der Waals surface area contributed by atoms with Crippen LogP contribution in [0.5, 0.6) is 5.75 Å². The minimum Gasteiger partial charge on any atom is -0.494 e. The number of rotatable bonds is 10. The molecule has 0 saturated carbocycles. The van der Waals surface area contributed by atoms with Crippen LogP contribution in [-0.2, 0) is 6.42 Å². The SMILES string of the molecule is CCCNC(C)CCCCOc1ccc(CC)cc1. The predicted molar refractivity (Wildman–Crippen MR) is 82.9 cm³/mol. The van der Waals surface area contributed by atoms with Gasteiger partial charge in [-0.3, -0.25) is 0 Å². The van der Waals surface area contributed by atoms with E-state index in [0.717, 1.165) is 31.7 Å². The van der Waals surface area contributed by atoms with Crippen molar-refractivity contribution in [3.63, 3.8) is 0 Å². The van der Waals surface area contributed by atoms with Crippen LogP contribution in [0.25, 0.3) is 0 Å². The molecule has 19 heavy (non-hydrogen) atoms. The summed E-state index contributed by atoms with van der Waals surface area (Å²) in [7, 11) is 0. The maximum absolute atomic E-state index is 5.75. The van der Waals surface area contributed by atoms with Gasteiger partial charge in [-0.25, -0.2) is 0 Å². The van der Waals surface area contributed by atoms with E-state index in [0.29, 0.717) is 6.04 Å². The molecular weight excluding hydrogens is 234 g/mol. The molecule has 0 saturated heterocycles. The smallest absolute Gasteiger partial charge is 0.119 e. The van der Waals surface area contributed by atoms with E-state index in [1.165, 1.54) is 24.8 Å². The van der Waals surface area contributed by atoms with Crippen molar-refractivity contribution >= 4 is 0 Å². The second-order valence-corrected chi connectivity index (χ2v) is 5.20. The molecule has 0 amide bonds. The number of ether oxygens (including phenoxy) is 1. The van der Waals surface area contributed by atoms with Crippen LogP contribution < -0.4 is 10.1 Å². The lowest BCUT2D eigenvalue weighted by Gasteiger charge is -2.13. The zero-order chi connectivity index (χ0) is 13.9. The van der Waals surface area contributed by atoms with E-state index in [2.05, 4.69) is 50.4 Å². The van der Waals surface area contributed by atoms with Crippen molar-refractivity contribution in [2.24, 2.45) is 0 Å². The molecule has 0 aromatic heterocycles. The molecule has 0 heterocycles. The quantitative estimate of drug-likeness (QED) is 0.639. The fraction of sp³-hybridized carbons (Fsp3) is 0.647. The lowest BCUT2D eigenvalue weighted by molar-refractivity contribution is 0.301. The van der Waals surface area contributed by atoms with Crippen molar-refractivity contribution in [2.75, 3.05) is 13.2 Å². The van der Waals surface area contributed by atoms with Gasteiger partial charge in [-0.2, -0.15) is 0 Å². The van der Waals surface area contributed by atoms with E-state index in [1.54, 1.807) is 0 Å². The van der Waals surface area contributed by atoms with Gasteiger partial charge >= 0.3 is 0 Å². The molecule has 0 spiro atoms. The van der Waals surface area contributed by atoms with Gasteiger partial charge in [-0.05, 0) is 63.3 Å². The van der Waals surface area contributed by atoms with Crippen molar-refractivity contribution < 1.29 is 4.74 Å². The second kappa shape index (κ2) is 9.85. The van der Waals surface area contributed by atoms with Crippen molar-refractivity contribution in [2.45, 2.75) is 58.9 Å². The third-order valence-corrected chi connectivity index (χ3v) is 3.37. The zero-order valence-corrected chi connectivity index (χ0v) is 12.7. The molecule has 1 N–H and O–H groups in total. The molecule has 1 rings (SSSR count). The van der Waals surface area contributed by atoms with E-state index >= 15 is 0 Å². The monoisotopic (exact) mass is 263 g/mol. The van der Waals surface area contributed by atoms with Crippen LogP contribution >= 0.6 is 0 Å². The highest BCUT2D eigenvalue weighted by atomic mass is 16.5. The summed E-state index contributed by atoms with van der Waals surface area (Å²) in [5.74, 6) is 0.995. The third kappa shape index (κ3) is 7.22. The van der Waals surface area contributed by atoms with Crippen LogP contribution in [0.4, 0.5) is 0 Å². The number of unbranched alkanes of at least 4 members (excludes halogenated alkanes) is 1. The van der Waals surface area contributed by atoms with E-state index in [-0.39, 0.29) is 0 Å². The molecule has 0 fully saturated rings. The Morgan fingerprint density at radius 2 is 1.84 bits per heavy atom. The molecule has 2 nitrogen and oxygen atoms in total. The Labute approximate surface area is 118 Å². The molecular formula is C17H29NO. The third-order valence-electron chi connectivity index (χ3n) is 3.37. The molecule has 0 bridgehead atoms. The van der Waals surface area contributed by atoms with Crippen molar-refractivity contribution in [1.82, 2.24) is 5.32 Å². The summed E-state index contributed by atoms with van der Waals surface area (Å²) in [6.07, 6.45) is 5.89. The van der Waals surface area contributed by atoms with Crippen molar-refractivity contribution in [3.05, 3.63) is 29.8 Å². The van der Waals surface area contributed by atoms with Crippen LogP contribution in [-0.4, -0.2) is 19.2 Å². The predicted octanol–water partition coefficient (Wildman–Crippen LogP) is 4.19. The average Bonchev–Trinajstić information content (AvgIpc) is 2.45. The van der Waals surface area contributed by atoms with E-state index < -0.39 is 0 Å². The van der Waals surface area contributed by atoms with Crippen LogP contribution in [0.3, 0.4) is 0 Å². The highest BCUT2D eigenvalue weighted by molar-refractivity contribution is 5.27. The van der Waals surface area contributed by atoms with Gasteiger partial charge < -0.3 is 10.1 Å². The Bertz CT molecular complexity index is 321. The van der Waals surface area contributed by atoms with Gasteiger partial charge in [-0.15, -0.1) is 0 Å². The number of hydrogen-bond acceptors (Lipinski definition) is 2. The summed E-state index contributed by atoms with van der Waals surface area (Å²) in [6, 6.07) is 9.07. The summed E-state index contributed by atoms with van der Waals surface area (Å²) < 4.78 is 5.75. The fourth-order valence-electron chi connectivity index (χ4n) is 2.06. The first-order valence-electron chi connectivity index (χ1n) is 7.71. The molecule has 108 valence electrons. The van der Waals surface area contributed by atoms with Gasteiger partial charge in [0.25, 0.3) is 0 Å². The summed E-state index contributed by atoms with van der Waals surface area (Å²) in [5.41, 5.74) is 1.36. The van der Waals surface area contributed by atoms with E-state index in [9.17, 15) is 0 Å². The van der Waals surface area contributed by atoms with E-state index in [4.69, 9.17) is 4.74 Å². The Morgan fingerprint density at radius 3 is 2.47 bits per heavy atom. The second-order valence-electron chi connectivity index (χ2n) is 5.20. The number of benzene rings is 1. The molecule has 0 aliphatic rings. The van der Waals surface area contributed by atoms with Gasteiger partial charge in [0.15, 0.2) is 0 Å². The fourth-order valence-corrected chi connectivity index (χ4v) is 2.06. The average molecular weight is 263 g/mol. The number of nitrogens with one attached hydrogen (secondary N) is 1. The maximum Gasteiger partial charge on any atom is 0.119 e. The molecule has 1 unspecified atom stereocenters. The standard InChI is InChI=1S/C17H29NO/c1-4-13-18-15(3)8-6-7-14-19-17-11-9-16(5-2)10-12-17/h9-12,15,18H,4-8,13-14H2,1-3H3. The molecule has 2 heteroatoms. The van der Waals surface area contributed by atoms with Crippen molar-refractivity contribution in [1.29, 1.82) is 0 Å². The lowest BCUT2D eigenvalue weighted by atomic mass is 10.1. The Hall–Kier alpha value is -1.02. The minimum absolute atomic E-state index is 0.629. The first-order chi connectivity index (χ1) is 9.26. The van der Waals surface area contributed by atoms with Gasteiger partial charge in [0.05, 0.1) is 6.61 Å². The minimum atomic E-state index is 0.629. The summed E-state index contributed by atoms with van der Waals surface area (Å²) in [6.45, 7) is 8.59. The van der Waals surface area contributed by atoms with Crippen LogP contribution in [0, 0.1) is 0 Å². The number of hydrogen-bond donors (Lipinski definition) is 1. The van der Waals surface area contributed by atoms with Gasteiger partial charge in [0.1, 0.15) is 5.75 Å². The van der Waals surface area contributed by atoms with Crippen molar-refractivity contribution in [3.8, 4) is 5.75 Å². The highest BCUT2D eigenvalue weighted by Crippen LogP contribution is 2.13. The zero-order valence-electron chi connectivity index (χ0n) is 12.7. The van der Waals surface area contributed by atoms with E-state index in [1.807, 2.05) is 0 Å². The molecule has 0 radical (unpaired) electrons. The Kier molecular flexibility index (Phi) is 8.31. The maximum atomic E-state index is 5.75.